The molecular formula is C24H42N2O5. The fourth-order valence-electron chi connectivity index (χ4n) is 6.64. The fraction of sp³-hybridized carbons (Fsp3) is 0.917. The second kappa shape index (κ2) is 9.65. The van der Waals surface area contributed by atoms with E-state index in [2.05, 4.69) is 12.2 Å². The maximum absolute atomic E-state index is 13.1. The van der Waals surface area contributed by atoms with Crippen LogP contribution in [0.5, 0.6) is 0 Å². The van der Waals surface area contributed by atoms with Crippen molar-refractivity contribution in [1.29, 1.82) is 0 Å². The Morgan fingerprint density at radius 1 is 1.13 bits per heavy atom. The third kappa shape index (κ3) is 4.87. The zero-order chi connectivity index (χ0) is 22.8. The molecule has 31 heavy (non-hydrogen) atoms. The molecule has 3 rings (SSSR count). The minimum absolute atomic E-state index is 0.0169. The van der Waals surface area contributed by atoms with Crippen molar-refractivity contribution in [3.8, 4) is 0 Å². The Labute approximate surface area is 186 Å². The molecule has 7 heteroatoms. The first-order valence-corrected chi connectivity index (χ1v) is 12.2. The normalized spacial score (nSPS) is 38.5. The molecular weight excluding hydrogens is 396 g/mol. The summed E-state index contributed by atoms with van der Waals surface area (Å²) in [6, 6.07) is -0.0169. The minimum Gasteiger partial charge on any atom is -0.446 e. The Balaban J connectivity index is 1.79. The predicted octanol–water partition coefficient (Wildman–Crippen LogP) is 3.08. The SMILES string of the molecule is CC(C)NC(=O)O[C@@H]1CC[C@]2(C)[C@@H](CC[C@@H](O)[C@H]2CC(=O)N2CCCCC2)[C@]1(C)CO. The molecule has 3 N–H and O–H groups in total. The Kier molecular flexibility index (Phi) is 7.57. The highest BCUT2D eigenvalue weighted by atomic mass is 16.6. The van der Waals surface area contributed by atoms with Crippen molar-refractivity contribution in [3.63, 3.8) is 0 Å². The maximum atomic E-state index is 13.1. The Hall–Kier alpha value is -1.34. The number of hydrogen-bond donors (Lipinski definition) is 3. The van der Waals surface area contributed by atoms with Gasteiger partial charge < -0.3 is 25.2 Å². The van der Waals surface area contributed by atoms with Crippen molar-refractivity contribution < 1.29 is 24.5 Å². The Morgan fingerprint density at radius 2 is 1.81 bits per heavy atom. The first-order chi connectivity index (χ1) is 14.6. The van der Waals surface area contributed by atoms with E-state index in [0.29, 0.717) is 19.3 Å². The van der Waals surface area contributed by atoms with E-state index in [-0.39, 0.29) is 41.9 Å². The van der Waals surface area contributed by atoms with E-state index in [1.165, 1.54) is 6.42 Å². The number of hydrogen-bond acceptors (Lipinski definition) is 5. The van der Waals surface area contributed by atoms with Gasteiger partial charge in [-0.05, 0) is 76.0 Å². The summed E-state index contributed by atoms with van der Waals surface area (Å²) in [5, 5.41) is 24.2. The van der Waals surface area contributed by atoms with Crippen LogP contribution in [0.3, 0.4) is 0 Å². The lowest BCUT2D eigenvalue weighted by atomic mass is 9.46. The highest BCUT2D eigenvalue weighted by Crippen LogP contribution is 2.61. The van der Waals surface area contributed by atoms with Gasteiger partial charge in [0.05, 0.1) is 12.7 Å². The molecule has 0 aromatic heterocycles. The van der Waals surface area contributed by atoms with E-state index < -0.39 is 17.6 Å². The third-order valence-corrected chi connectivity index (χ3v) is 8.44. The lowest BCUT2D eigenvalue weighted by molar-refractivity contribution is -0.187. The summed E-state index contributed by atoms with van der Waals surface area (Å²) in [5.41, 5.74) is -0.886. The van der Waals surface area contributed by atoms with E-state index in [4.69, 9.17) is 4.74 Å². The van der Waals surface area contributed by atoms with Gasteiger partial charge in [0, 0.05) is 31.0 Å². The van der Waals surface area contributed by atoms with Crippen LogP contribution >= 0.6 is 0 Å². The second-order valence-electron chi connectivity index (χ2n) is 10.9. The number of amides is 2. The van der Waals surface area contributed by atoms with Crippen molar-refractivity contribution in [1.82, 2.24) is 10.2 Å². The van der Waals surface area contributed by atoms with E-state index in [0.717, 1.165) is 38.8 Å². The van der Waals surface area contributed by atoms with Crippen LogP contribution in [0, 0.1) is 22.7 Å². The molecule has 0 aromatic rings. The van der Waals surface area contributed by atoms with Gasteiger partial charge in [-0.15, -0.1) is 0 Å². The number of carbonyl (C=O) groups excluding carboxylic acids is 2. The number of ether oxygens (including phenoxy) is 1. The third-order valence-electron chi connectivity index (χ3n) is 8.44. The monoisotopic (exact) mass is 438 g/mol. The van der Waals surface area contributed by atoms with Crippen molar-refractivity contribution in [2.24, 2.45) is 22.7 Å². The number of rotatable bonds is 5. The van der Waals surface area contributed by atoms with Crippen LogP contribution in [0.2, 0.25) is 0 Å². The van der Waals surface area contributed by atoms with E-state index in [1.807, 2.05) is 25.7 Å². The zero-order valence-electron chi connectivity index (χ0n) is 19.7. The van der Waals surface area contributed by atoms with Crippen LogP contribution in [0.1, 0.15) is 79.1 Å². The highest BCUT2D eigenvalue weighted by Gasteiger charge is 2.60. The number of aliphatic hydroxyl groups is 2. The molecule has 1 aliphatic heterocycles. The lowest BCUT2D eigenvalue weighted by Gasteiger charge is -2.60. The summed E-state index contributed by atoms with van der Waals surface area (Å²) in [7, 11) is 0. The first-order valence-electron chi connectivity index (χ1n) is 12.2. The van der Waals surface area contributed by atoms with Gasteiger partial charge in [-0.2, -0.15) is 0 Å². The Bertz CT molecular complexity index is 650. The number of carbonyl (C=O) groups is 2. The molecule has 0 spiro atoms. The zero-order valence-corrected chi connectivity index (χ0v) is 19.7. The summed E-state index contributed by atoms with van der Waals surface area (Å²) in [5.74, 6) is 0.0705. The van der Waals surface area contributed by atoms with E-state index in [1.54, 1.807) is 0 Å². The van der Waals surface area contributed by atoms with Gasteiger partial charge in [0.25, 0.3) is 0 Å². The van der Waals surface area contributed by atoms with Crippen molar-refractivity contribution in [2.45, 2.75) is 97.3 Å². The summed E-state index contributed by atoms with van der Waals surface area (Å²) in [4.78, 5) is 27.3. The van der Waals surface area contributed by atoms with Crippen LogP contribution < -0.4 is 5.32 Å². The summed E-state index contributed by atoms with van der Waals surface area (Å²) < 4.78 is 5.79. The Morgan fingerprint density at radius 3 is 2.42 bits per heavy atom. The van der Waals surface area contributed by atoms with Crippen molar-refractivity contribution >= 4 is 12.0 Å². The maximum Gasteiger partial charge on any atom is 0.407 e. The molecule has 0 radical (unpaired) electrons. The molecule has 178 valence electrons. The van der Waals surface area contributed by atoms with Gasteiger partial charge in [-0.1, -0.05) is 13.8 Å². The molecule has 3 aliphatic rings. The minimum atomic E-state index is -0.603. The van der Waals surface area contributed by atoms with Crippen LogP contribution in [0.25, 0.3) is 0 Å². The van der Waals surface area contributed by atoms with Gasteiger partial charge in [0.1, 0.15) is 6.10 Å². The van der Waals surface area contributed by atoms with E-state index >= 15 is 0 Å². The molecule has 7 nitrogen and oxygen atoms in total. The smallest absolute Gasteiger partial charge is 0.407 e. The number of alkyl carbamates (subject to hydrolysis) is 1. The molecule has 0 aromatic carbocycles. The van der Waals surface area contributed by atoms with Gasteiger partial charge in [0.15, 0.2) is 0 Å². The quantitative estimate of drug-likeness (QED) is 0.613. The second-order valence-corrected chi connectivity index (χ2v) is 10.9. The molecule has 1 heterocycles. The van der Waals surface area contributed by atoms with Crippen LogP contribution in [-0.4, -0.2) is 65.1 Å². The first kappa shape index (κ1) is 24.3. The molecule has 2 amide bonds. The largest absolute Gasteiger partial charge is 0.446 e. The van der Waals surface area contributed by atoms with Gasteiger partial charge >= 0.3 is 6.09 Å². The topological polar surface area (TPSA) is 99.1 Å². The standard InChI is InChI=1S/C24H42N2O5/c1-16(2)25-22(30)31-20-10-11-23(3)17(14-21(29)26-12-6-5-7-13-26)18(28)8-9-19(23)24(20,4)15-27/h16-20,27-28H,5-15H2,1-4H3,(H,25,30)/t17-,18-,19-,20-,23+,24+/m1/s1. The van der Waals surface area contributed by atoms with Crippen LogP contribution in [0.15, 0.2) is 0 Å². The van der Waals surface area contributed by atoms with E-state index in [9.17, 15) is 19.8 Å². The highest BCUT2D eigenvalue weighted by molar-refractivity contribution is 5.76. The average molecular weight is 439 g/mol. The number of nitrogens with one attached hydrogen (secondary N) is 1. The van der Waals surface area contributed by atoms with Crippen LogP contribution in [-0.2, 0) is 9.53 Å². The lowest BCUT2D eigenvalue weighted by Crippen LogP contribution is -2.61. The molecule has 2 aliphatic carbocycles. The number of likely N-dealkylation sites (tertiary alicyclic amines) is 1. The van der Waals surface area contributed by atoms with Gasteiger partial charge in [0.2, 0.25) is 5.91 Å². The molecule has 1 saturated heterocycles. The average Bonchev–Trinajstić information content (AvgIpc) is 2.73. The van der Waals surface area contributed by atoms with Crippen LogP contribution in [0.4, 0.5) is 4.79 Å². The number of aliphatic hydroxyl groups excluding tert-OH is 2. The molecule has 0 bridgehead atoms. The van der Waals surface area contributed by atoms with Gasteiger partial charge in [-0.3, -0.25) is 4.79 Å². The van der Waals surface area contributed by atoms with Crippen molar-refractivity contribution in [2.75, 3.05) is 19.7 Å². The molecule has 3 fully saturated rings. The number of piperidine rings is 1. The molecule has 6 atom stereocenters. The molecule has 0 unspecified atom stereocenters. The number of fused-ring (bicyclic) bond motifs is 1. The molecule has 2 saturated carbocycles. The fourth-order valence-corrected chi connectivity index (χ4v) is 6.64. The summed E-state index contributed by atoms with van der Waals surface area (Å²) in [6.07, 6.45) is 5.05. The summed E-state index contributed by atoms with van der Waals surface area (Å²) in [6.45, 7) is 9.49. The van der Waals surface area contributed by atoms with Crippen molar-refractivity contribution in [3.05, 3.63) is 0 Å². The predicted molar refractivity (Wildman–Crippen MR) is 118 cm³/mol. The number of nitrogens with zero attached hydrogens (tertiary/aromatic N) is 1. The summed E-state index contributed by atoms with van der Waals surface area (Å²) >= 11 is 0. The van der Waals surface area contributed by atoms with Gasteiger partial charge in [-0.25, -0.2) is 4.79 Å².